The molecule has 3 aromatic rings. The standard InChI is InChI=1S/C17H17N3O2/c1-12(11-22-15-5-3-2-4-6-15)17(21)20-16-9-14(18)8-7-13(16)10-19-20/h2-10,12H,11,18H2,1H3/t12-/m0/s1. The molecule has 112 valence electrons. The molecule has 0 unspecified atom stereocenters. The van der Waals surface area contributed by atoms with Gasteiger partial charge in [0.15, 0.2) is 0 Å². The highest BCUT2D eigenvalue weighted by Crippen LogP contribution is 2.18. The van der Waals surface area contributed by atoms with Gasteiger partial charge in [-0.05, 0) is 30.3 Å². The number of nitrogens with two attached hydrogens (primary N) is 1. The third-order valence-corrected chi connectivity index (χ3v) is 3.47. The van der Waals surface area contributed by atoms with E-state index in [1.165, 1.54) is 4.68 Å². The zero-order chi connectivity index (χ0) is 15.5. The molecule has 0 bridgehead atoms. The van der Waals surface area contributed by atoms with Crippen molar-refractivity contribution in [1.82, 2.24) is 9.78 Å². The van der Waals surface area contributed by atoms with Gasteiger partial charge in [0.2, 0.25) is 0 Å². The van der Waals surface area contributed by atoms with Crippen LogP contribution in [0.5, 0.6) is 5.75 Å². The van der Waals surface area contributed by atoms with E-state index >= 15 is 0 Å². The lowest BCUT2D eigenvalue weighted by Crippen LogP contribution is -2.25. The van der Waals surface area contributed by atoms with Crippen LogP contribution < -0.4 is 10.5 Å². The van der Waals surface area contributed by atoms with Crippen molar-refractivity contribution in [2.24, 2.45) is 5.92 Å². The van der Waals surface area contributed by atoms with E-state index in [1.54, 1.807) is 18.3 Å². The van der Waals surface area contributed by atoms with Crippen LogP contribution in [0.1, 0.15) is 11.7 Å². The van der Waals surface area contributed by atoms with Crippen LogP contribution in [-0.2, 0) is 0 Å². The topological polar surface area (TPSA) is 70.1 Å². The predicted molar refractivity (Wildman–Crippen MR) is 85.9 cm³/mol. The minimum absolute atomic E-state index is 0.114. The molecule has 2 N–H and O–H groups in total. The van der Waals surface area contributed by atoms with Crippen molar-refractivity contribution >= 4 is 22.5 Å². The predicted octanol–water partition coefficient (Wildman–Crippen LogP) is 2.97. The first kappa shape index (κ1) is 14.1. The van der Waals surface area contributed by atoms with Crippen LogP contribution in [0, 0.1) is 5.92 Å². The van der Waals surface area contributed by atoms with Crippen LogP contribution in [0.2, 0.25) is 0 Å². The van der Waals surface area contributed by atoms with Crippen molar-refractivity contribution in [3.8, 4) is 5.75 Å². The molecule has 0 spiro atoms. The van der Waals surface area contributed by atoms with E-state index in [9.17, 15) is 4.79 Å². The normalized spacial score (nSPS) is 12.2. The van der Waals surface area contributed by atoms with Gasteiger partial charge in [0.05, 0.1) is 24.2 Å². The summed E-state index contributed by atoms with van der Waals surface area (Å²) in [6.07, 6.45) is 1.66. The maximum atomic E-state index is 12.5. The number of nitrogen functional groups attached to an aromatic ring is 1. The van der Waals surface area contributed by atoms with Gasteiger partial charge in [-0.1, -0.05) is 25.1 Å². The Balaban J connectivity index is 1.76. The molecular formula is C17H17N3O2. The second-order valence-electron chi connectivity index (χ2n) is 5.24. The van der Waals surface area contributed by atoms with E-state index in [4.69, 9.17) is 10.5 Å². The number of aromatic nitrogens is 2. The number of carbonyl (C=O) groups excluding carboxylic acids is 1. The lowest BCUT2D eigenvalue weighted by Gasteiger charge is -2.12. The summed E-state index contributed by atoms with van der Waals surface area (Å²) in [5.74, 6) is 0.318. The number of anilines is 1. The Bertz CT molecular complexity index is 796. The number of hydrogen-bond acceptors (Lipinski definition) is 4. The van der Waals surface area contributed by atoms with E-state index in [-0.39, 0.29) is 11.8 Å². The zero-order valence-electron chi connectivity index (χ0n) is 12.3. The quantitative estimate of drug-likeness (QED) is 0.751. The molecule has 3 rings (SSSR count). The molecule has 0 fully saturated rings. The van der Waals surface area contributed by atoms with Crippen LogP contribution >= 0.6 is 0 Å². The number of carbonyl (C=O) groups is 1. The van der Waals surface area contributed by atoms with E-state index in [0.717, 1.165) is 16.7 Å². The van der Waals surface area contributed by atoms with E-state index in [1.807, 2.05) is 43.3 Å². The Kier molecular flexibility index (Phi) is 3.78. The van der Waals surface area contributed by atoms with E-state index in [0.29, 0.717) is 12.3 Å². The van der Waals surface area contributed by atoms with Gasteiger partial charge in [-0.15, -0.1) is 0 Å². The van der Waals surface area contributed by atoms with E-state index in [2.05, 4.69) is 5.10 Å². The Hall–Kier alpha value is -2.82. The van der Waals surface area contributed by atoms with Gasteiger partial charge in [0.1, 0.15) is 5.75 Å². The molecule has 0 radical (unpaired) electrons. The summed E-state index contributed by atoms with van der Waals surface area (Å²) >= 11 is 0. The van der Waals surface area contributed by atoms with Gasteiger partial charge in [-0.25, -0.2) is 0 Å². The molecule has 0 aliphatic carbocycles. The molecule has 22 heavy (non-hydrogen) atoms. The molecule has 2 aromatic carbocycles. The Labute approximate surface area is 128 Å². The lowest BCUT2D eigenvalue weighted by molar-refractivity contribution is 0.0791. The van der Waals surface area contributed by atoms with Crippen LogP contribution in [-0.4, -0.2) is 22.3 Å². The fourth-order valence-electron chi connectivity index (χ4n) is 2.23. The monoisotopic (exact) mass is 295 g/mol. The molecule has 1 heterocycles. The fourth-order valence-corrected chi connectivity index (χ4v) is 2.23. The summed E-state index contributed by atoms with van der Waals surface area (Å²) in [4.78, 5) is 12.5. The number of nitrogens with zero attached hydrogens (tertiary/aromatic N) is 2. The molecule has 0 aliphatic heterocycles. The van der Waals surface area contributed by atoms with Crippen molar-refractivity contribution in [2.45, 2.75) is 6.92 Å². The summed E-state index contributed by atoms with van der Waals surface area (Å²) in [7, 11) is 0. The molecule has 0 amide bonds. The van der Waals surface area contributed by atoms with Gasteiger partial charge in [-0.2, -0.15) is 9.78 Å². The second-order valence-corrected chi connectivity index (χ2v) is 5.24. The molecule has 5 heteroatoms. The van der Waals surface area contributed by atoms with Gasteiger partial charge < -0.3 is 10.5 Å². The zero-order valence-corrected chi connectivity index (χ0v) is 12.3. The molecule has 0 saturated carbocycles. The van der Waals surface area contributed by atoms with Gasteiger partial charge in [0.25, 0.3) is 5.91 Å². The van der Waals surface area contributed by atoms with Gasteiger partial charge >= 0.3 is 0 Å². The molecule has 0 saturated heterocycles. The van der Waals surface area contributed by atoms with Crippen LogP contribution in [0.25, 0.3) is 10.9 Å². The Morgan fingerprint density at radius 1 is 1.27 bits per heavy atom. The fraction of sp³-hybridized carbons (Fsp3) is 0.176. The summed E-state index contributed by atoms with van der Waals surface area (Å²) in [6.45, 7) is 2.12. The summed E-state index contributed by atoms with van der Waals surface area (Å²) in [5.41, 5.74) is 7.11. The van der Waals surface area contributed by atoms with Crippen LogP contribution in [0.3, 0.4) is 0 Å². The summed E-state index contributed by atoms with van der Waals surface area (Å²) in [6, 6.07) is 14.8. The number of rotatable bonds is 4. The Morgan fingerprint density at radius 2 is 2.05 bits per heavy atom. The maximum Gasteiger partial charge on any atom is 0.253 e. The lowest BCUT2D eigenvalue weighted by atomic mass is 10.1. The molecule has 1 atom stereocenters. The smallest absolute Gasteiger partial charge is 0.253 e. The Morgan fingerprint density at radius 3 is 2.82 bits per heavy atom. The number of para-hydroxylation sites is 1. The summed E-state index contributed by atoms with van der Waals surface area (Å²) in [5, 5.41) is 5.06. The van der Waals surface area contributed by atoms with E-state index < -0.39 is 0 Å². The first-order valence-corrected chi connectivity index (χ1v) is 7.10. The third-order valence-electron chi connectivity index (χ3n) is 3.47. The SMILES string of the molecule is C[C@@H](COc1ccccc1)C(=O)n1ncc2ccc(N)cc21. The highest BCUT2D eigenvalue weighted by atomic mass is 16.5. The van der Waals surface area contributed by atoms with Crippen molar-refractivity contribution < 1.29 is 9.53 Å². The number of fused-ring (bicyclic) bond motifs is 1. The number of ether oxygens (including phenoxy) is 1. The van der Waals surface area contributed by atoms with Crippen LogP contribution in [0.15, 0.2) is 54.7 Å². The van der Waals surface area contributed by atoms with Gasteiger partial charge in [-0.3, -0.25) is 4.79 Å². The average Bonchev–Trinajstić information content (AvgIpc) is 2.95. The van der Waals surface area contributed by atoms with Crippen molar-refractivity contribution in [3.05, 3.63) is 54.7 Å². The van der Waals surface area contributed by atoms with Crippen molar-refractivity contribution in [1.29, 1.82) is 0 Å². The van der Waals surface area contributed by atoms with Gasteiger partial charge in [0, 0.05) is 11.1 Å². The maximum absolute atomic E-state index is 12.5. The largest absolute Gasteiger partial charge is 0.493 e. The molecular weight excluding hydrogens is 278 g/mol. The minimum Gasteiger partial charge on any atom is -0.493 e. The minimum atomic E-state index is -0.315. The average molecular weight is 295 g/mol. The summed E-state index contributed by atoms with van der Waals surface area (Å²) < 4.78 is 7.03. The molecule has 5 nitrogen and oxygen atoms in total. The van der Waals surface area contributed by atoms with Crippen molar-refractivity contribution in [3.63, 3.8) is 0 Å². The highest BCUT2D eigenvalue weighted by Gasteiger charge is 2.19. The second kappa shape index (κ2) is 5.89. The third kappa shape index (κ3) is 2.79. The molecule has 1 aromatic heterocycles. The molecule has 0 aliphatic rings. The van der Waals surface area contributed by atoms with Crippen molar-refractivity contribution in [2.75, 3.05) is 12.3 Å². The first-order chi connectivity index (χ1) is 10.6. The van der Waals surface area contributed by atoms with Crippen LogP contribution in [0.4, 0.5) is 5.69 Å². The number of hydrogen-bond donors (Lipinski definition) is 1. The number of benzene rings is 2. The highest BCUT2D eigenvalue weighted by molar-refractivity contribution is 5.93. The first-order valence-electron chi connectivity index (χ1n) is 7.10.